The molecule has 1 atom stereocenters. The molecule has 1 aromatic rings. The van der Waals surface area contributed by atoms with E-state index in [1.165, 1.54) is 0 Å². The molecule has 0 saturated carbocycles. The van der Waals surface area contributed by atoms with Crippen LogP contribution in [0.15, 0.2) is 12.5 Å². The second-order valence-electron chi connectivity index (χ2n) is 6.85. The predicted octanol–water partition coefficient (Wildman–Crippen LogP) is 0.741. The number of nitrogens with one attached hydrogen (secondary N) is 1. The molecule has 0 bridgehead atoms. The third-order valence-electron chi connectivity index (χ3n) is 5.05. The lowest BCUT2D eigenvalue weighted by Gasteiger charge is -2.48. The lowest BCUT2D eigenvalue weighted by molar-refractivity contribution is -0.143. The highest BCUT2D eigenvalue weighted by Gasteiger charge is 2.41. The maximum absolute atomic E-state index is 12.2. The van der Waals surface area contributed by atoms with Crippen LogP contribution in [0.25, 0.3) is 0 Å². The van der Waals surface area contributed by atoms with Gasteiger partial charge in [0, 0.05) is 49.8 Å². The smallest absolute Gasteiger partial charge is 0.317 e. The molecule has 2 saturated heterocycles. The number of rotatable bonds is 5. The van der Waals surface area contributed by atoms with E-state index in [0.717, 1.165) is 51.0 Å². The Bertz CT molecular complexity index is 560. The van der Waals surface area contributed by atoms with Crippen LogP contribution in [0.5, 0.6) is 0 Å². The molecule has 0 aromatic carbocycles. The Labute approximate surface area is 135 Å². The number of carbonyl (C=O) groups excluding carboxylic acids is 1. The van der Waals surface area contributed by atoms with E-state index in [2.05, 4.69) is 9.97 Å². The number of piperidine rings is 2. The van der Waals surface area contributed by atoms with Crippen molar-refractivity contribution in [3.05, 3.63) is 18.2 Å². The van der Waals surface area contributed by atoms with E-state index in [0.29, 0.717) is 13.0 Å². The Balaban J connectivity index is 1.61. The summed E-state index contributed by atoms with van der Waals surface area (Å²) in [6.07, 6.45) is 7.76. The summed E-state index contributed by atoms with van der Waals surface area (Å²) in [6, 6.07) is 0. The monoisotopic (exact) mass is 320 g/mol. The second kappa shape index (κ2) is 6.70. The minimum atomic E-state index is -0.773. The molecule has 7 heteroatoms. The van der Waals surface area contributed by atoms with Gasteiger partial charge in [0.1, 0.15) is 0 Å². The van der Waals surface area contributed by atoms with Gasteiger partial charge in [-0.05, 0) is 25.8 Å². The molecule has 1 amide bonds. The van der Waals surface area contributed by atoms with Crippen LogP contribution in [-0.4, -0.2) is 69.5 Å². The van der Waals surface area contributed by atoms with Gasteiger partial charge in [-0.15, -0.1) is 0 Å². The molecular weight excluding hydrogens is 296 g/mol. The van der Waals surface area contributed by atoms with Gasteiger partial charge in [0.05, 0.1) is 12.9 Å². The number of aromatic amines is 1. The SMILES string of the molecule is O=C(O)CN1CCC[C@]2(CCC(=O)N(CCc3cnc[nH]3)C2)C1. The number of carboxylic acids is 1. The Morgan fingerprint density at radius 1 is 1.39 bits per heavy atom. The minimum absolute atomic E-state index is 0.0651. The van der Waals surface area contributed by atoms with Gasteiger partial charge in [-0.25, -0.2) is 4.98 Å². The summed E-state index contributed by atoms with van der Waals surface area (Å²) < 4.78 is 0. The van der Waals surface area contributed by atoms with Crippen molar-refractivity contribution in [1.29, 1.82) is 0 Å². The molecule has 3 heterocycles. The Hall–Kier alpha value is -1.89. The number of aromatic nitrogens is 2. The largest absolute Gasteiger partial charge is 0.480 e. The molecule has 126 valence electrons. The summed E-state index contributed by atoms with van der Waals surface area (Å²) in [5.41, 5.74) is 1.10. The number of aliphatic carboxylic acids is 1. The normalized spacial score (nSPS) is 25.9. The van der Waals surface area contributed by atoms with Crippen molar-refractivity contribution in [1.82, 2.24) is 19.8 Å². The molecule has 2 N–H and O–H groups in total. The van der Waals surface area contributed by atoms with E-state index in [9.17, 15) is 9.59 Å². The first kappa shape index (κ1) is 16.0. The summed E-state index contributed by atoms with van der Waals surface area (Å²) in [5.74, 6) is -0.560. The molecule has 2 aliphatic heterocycles. The van der Waals surface area contributed by atoms with Crippen molar-refractivity contribution in [2.75, 3.05) is 32.7 Å². The Morgan fingerprint density at radius 3 is 3.00 bits per heavy atom. The predicted molar refractivity (Wildman–Crippen MR) is 83.8 cm³/mol. The summed E-state index contributed by atoms with van der Waals surface area (Å²) in [6.45, 7) is 3.17. The summed E-state index contributed by atoms with van der Waals surface area (Å²) in [4.78, 5) is 34.3. The number of imidazole rings is 1. The van der Waals surface area contributed by atoms with E-state index < -0.39 is 5.97 Å². The molecule has 0 unspecified atom stereocenters. The first-order chi connectivity index (χ1) is 11.1. The van der Waals surface area contributed by atoms with Gasteiger partial charge in [0.15, 0.2) is 0 Å². The maximum Gasteiger partial charge on any atom is 0.317 e. The van der Waals surface area contributed by atoms with E-state index >= 15 is 0 Å². The number of carboxylic acid groups (broad SMARTS) is 1. The highest BCUT2D eigenvalue weighted by atomic mass is 16.4. The molecule has 2 aliphatic rings. The van der Waals surface area contributed by atoms with Gasteiger partial charge in [-0.2, -0.15) is 0 Å². The number of H-pyrrole nitrogens is 1. The molecule has 2 fully saturated rings. The van der Waals surface area contributed by atoms with Crippen molar-refractivity contribution in [3.8, 4) is 0 Å². The van der Waals surface area contributed by atoms with Gasteiger partial charge in [0.2, 0.25) is 5.91 Å². The van der Waals surface area contributed by atoms with Crippen molar-refractivity contribution in [2.45, 2.75) is 32.1 Å². The summed E-state index contributed by atoms with van der Waals surface area (Å²) in [5, 5.41) is 9.02. The molecule has 7 nitrogen and oxygen atoms in total. The Kier molecular flexibility index (Phi) is 4.66. The molecular formula is C16H24N4O3. The topological polar surface area (TPSA) is 89.5 Å². The van der Waals surface area contributed by atoms with Gasteiger partial charge >= 0.3 is 5.97 Å². The lowest BCUT2D eigenvalue weighted by Crippen LogP contribution is -2.54. The molecule has 23 heavy (non-hydrogen) atoms. The second-order valence-corrected chi connectivity index (χ2v) is 6.85. The number of hydrogen-bond acceptors (Lipinski definition) is 4. The standard InChI is InChI=1S/C16H24N4O3/c21-14-2-5-16(4-1-6-19(10-16)9-15(22)23)11-20(14)7-3-13-8-17-12-18-13/h8,12H,1-7,9-11H2,(H,17,18)(H,22,23)/t16-/m0/s1. The highest BCUT2D eigenvalue weighted by Crippen LogP contribution is 2.38. The van der Waals surface area contributed by atoms with Crippen molar-refractivity contribution in [2.24, 2.45) is 5.41 Å². The summed E-state index contributed by atoms with van der Waals surface area (Å²) >= 11 is 0. The molecule has 0 aliphatic carbocycles. The minimum Gasteiger partial charge on any atom is -0.480 e. The Morgan fingerprint density at radius 2 is 2.26 bits per heavy atom. The van der Waals surface area contributed by atoms with Crippen LogP contribution in [0, 0.1) is 5.41 Å². The average Bonchev–Trinajstić information content (AvgIpc) is 3.01. The number of likely N-dealkylation sites (tertiary alicyclic amines) is 2. The zero-order chi connectivity index (χ0) is 16.3. The first-order valence-electron chi connectivity index (χ1n) is 8.26. The van der Waals surface area contributed by atoms with E-state index in [-0.39, 0.29) is 17.9 Å². The van der Waals surface area contributed by atoms with Crippen molar-refractivity contribution >= 4 is 11.9 Å². The molecule has 0 radical (unpaired) electrons. The van der Waals surface area contributed by atoms with Crippen LogP contribution in [0.2, 0.25) is 0 Å². The van der Waals surface area contributed by atoms with Gasteiger partial charge < -0.3 is 15.0 Å². The fraction of sp³-hybridized carbons (Fsp3) is 0.688. The third-order valence-corrected chi connectivity index (χ3v) is 5.05. The zero-order valence-corrected chi connectivity index (χ0v) is 13.3. The van der Waals surface area contributed by atoms with Gasteiger partial charge in [-0.3, -0.25) is 14.5 Å². The zero-order valence-electron chi connectivity index (χ0n) is 13.3. The maximum atomic E-state index is 12.2. The number of carbonyl (C=O) groups is 2. The molecule has 1 spiro atoms. The molecule has 3 rings (SSSR count). The quantitative estimate of drug-likeness (QED) is 0.835. The van der Waals surface area contributed by atoms with Crippen molar-refractivity contribution in [3.63, 3.8) is 0 Å². The van der Waals surface area contributed by atoms with Crippen LogP contribution in [-0.2, 0) is 16.0 Å². The van der Waals surface area contributed by atoms with E-state index in [4.69, 9.17) is 5.11 Å². The number of hydrogen-bond donors (Lipinski definition) is 2. The van der Waals surface area contributed by atoms with Gasteiger partial charge in [0.25, 0.3) is 0 Å². The average molecular weight is 320 g/mol. The number of amides is 1. The fourth-order valence-electron chi connectivity index (χ4n) is 3.95. The fourth-order valence-corrected chi connectivity index (χ4v) is 3.95. The van der Waals surface area contributed by atoms with Crippen LogP contribution in [0.4, 0.5) is 0 Å². The third kappa shape index (κ3) is 3.90. The lowest BCUT2D eigenvalue weighted by atomic mass is 9.73. The highest BCUT2D eigenvalue weighted by molar-refractivity contribution is 5.77. The summed E-state index contributed by atoms with van der Waals surface area (Å²) in [7, 11) is 0. The first-order valence-corrected chi connectivity index (χ1v) is 8.26. The van der Waals surface area contributed by atoms with E-state index in [1.54, 1.807) is 12.5 Å². The number of nitrogens with zero attached hydrogens (tertiary/aromatic N) is 3. The van der Waals surface area contributed by atoms with Crippen LogP contribution in [0.3, 0.4) is 0 Å². The van der Waals surface area contributed by atoms with Crippen LogP contribution in [0.1, 0.15) is 31.4 Å². The van der Waals surface area contributed by atoms with Crippen LogP contribution < -0.4 is 0 Å². The van der Waals surface area contributed by atoms with E-state index in [1.807, 2.05) is 9.80 Å². The van der Waals surface area contributed by atoms with Gasteiger partial charge in [-0.1, -0.05) is 0 Å². The molecule has 1 aromatic heterocycles. The van der Waals surface area contributed by atoms with Crippen molar-refractivity contribution < 1.29 is 14.7 Å². The van der Waals surface area contributed by atoms with Crippen LogP contribution >= 0.6 is 0 Å².